The van der Waals surface area contributed by atoms with Crippen LogP contribution >= 0.6 is 0 Å². The molecule has 0 aromatic heterocycles. The van der Waals surface area contributed by atoms with Crippen molar-refractivity contribution in [3.8, 4) is 0 Å². The quantitative estimate of drug-likeness (QED) is 0.580. The molecule has 0 saturated heterocycles. The summed E-state index contributed by atoms with van der Waals surface area (Å²) in [5.41, 5.74) is -0.302. The number of ether oxygens (including phenoxy) is 1. The van der Waals surface area contributed by atoms with Crippen LogP contribution in [0, 0.1) is 6.10 Å². The summed E-state index contributed by atoms with van der Waals surface area (Å²) in [4.78, 5) is 4.05. The van der Waals surface area contributed by atoms with Crippen molar-refractivity contribution >= 4 is 6.34 Å². The normalized spacial score (nSPS) is 23.2. The molecular weight excluding hydrogens is 180 g/mol. The van der Waals surface area contributed by atoms with Gasteiger partial charge in [0.05, 0.1) is 6.34 Å². The maximum absolute atomic E-state index is 5.48. The number of nitrogens with zero attached hydrogens (tertiary/aromatic N) is 1. The van der Waals surface area contributed by atoms with Crippen molar-refractivity contribution in [3.63, 3.8) is 0 Å². The summed E-state index contributed by atoms with van der Waals surface area (Å²) in [5, 5.41) is 3.02. The van der Waals surface area contributed by atoms with Crippen LogP contribution in [0.4, 0.5) is 0 Å². The van der Waals surface area contributed by atoms with Crippen LogP contribution in [-0.2, 0) is 22.1 Å². The SMILES string of the molecule is C[C-]1CN=CNC(C)(C)O1.[Cr]. The predicted octanol–water partition coefficient (Wildman–Crippen LogP) is 0.920. The summed E-state index contributed by atoms with van der Waals surface area (Å²) in [6.45, 7) is 6.53. The molecule has 1 heterocycles. The molecule has 64 valence electrons. The fourth-order valence-electron chi connectivity index (χ4n) is 0.873. The van der Waals surface area contributed by atoms with E-state index in [-0.39, 0.29) is 23.1 Å². The van der Waals surface area contributed by atoms with E-state index in [1.807, 2.05) is 20.8 Å². The third kappa shape index (κ3) is 3.76. The van der Waals surface area contributed by atoms with Crippen LogP contribution in [0.15, 0.2) is 4.99 Å². The third-order valence-corrected chi connectivity index (χ3v) is 1.25. The van der Waals surface area contributed by atoms with E-state index in [1.165, 1.54) is 0 Å². The molecule has 0 spiro atoms. The van der Waals surface area contributed by atoms with Crippen LogP contribution in [0.5, 0.6) is 0 Å². The van der Waals surface area contributed by atoms with Crippen molar-refractivity contribution in [1.82, 2.24) is 5.32 Å². The number of aliphatic imine (C=N–C) groups is 1. The molecule has 1 aliphatic rings. The average molecular weight is 193 g/mol. The predicted molar refractivity (Wildman–Crippen MR) is 40.6 cm³/mol. The van der Waals surface area contributed by atoms with E-state index in [0.29, 0.717) is 6.54 Å². The van der Waals surface area contributed by atoms with Crippen molar-refractivity contribution in [2.45, 2.75) is 26.5 Å². The molecule has 0 aromatic rings. The summed E-state index contributed by atoms with van der Waals surface area (Å²) in [6.07, 6.45) is 2.64. The molecule has 0 amide bonds. The molecule has 4 heteroatoms. The fraction of sp³-hybridized carbons (Fsp3) is 0.714. The smallest absolute Gasteiger partial charge is 0.103 e. The van der Waals surface area contributed by atoms with Gasteiger partial charge in [0.15, 0.2) is 0 Å². The largest absolute Gasteiger partial charge is 0.528 e. The molecule has 1 aliphatic heterocycles. The molecule has 0 radical (unpaired) electrons. The van der Waals surface area contributed by atoms with Crippen molar-refractivity contribution in [2.24, 2.45) is 4.99 Å². The van der Waals surface area contributed by atoms with Gasteiger partial charge in [-0.1, -0.05) is 6.54 Å². The molecule has 3 nitrogen and oxygen atoms in total. The Hall–Kier alpha value is -0.0375. The Kier molecular flexibility index (Phi) is 4.09. The minimum atomic E-state index is -0.302. The Bertz CT molecular complexity index is 147. The minimum absolute atomic E-state index is 0. The number of nitrogens with one attached hydrogen (secondary N) is 1. The van der Waals surface area contributed by atoms with Crippen molar-refractivity contribution in [1.29, 1.82) is 0 Å². The number of rotatable bonds is 0. The second-order valence-corrected chi connectivity index (χ2v) is 2.93. The molecule has 11 heavy (non-hydrogen) atoms. The molecule has 0 aromatic carbocycles. The summed E-state index contributed by atoms with van der Waals surface area (Å²) in [7, 11) is 0. The molecule has 0 bridgehead atoms. The third-order valence-electron chi connectivity index (χ3n) is 1.25. The van der Waals surface area contributed by atoms with E-state index in [4.69, 9.17) is 4.74 Å². The zero-order chi connectivity index (χ0) is 7.61. The molecule has 1 N–H and O–H groups in total. The summed E-state index contributed by atoms with van der Waals surface area (Å²) >= 11 is 0. The Morgan fingerprint density at radius 1 is 1.64 bits per heavy atom. The van der Waals surface area contributed by atoms with Crippen molar-refractivity contribution in [2.75, 3.05) is 6.54 Å². The Morgan fingerprint density at radius 3 is 2.91 bits per heavy atom. The molecule has 0 unspecified atom stereocenters. The van der Waals surface area contributed by atoms with Gasteiger partial charge in [-0.05, 0) is 13.8 Å². The number of hydrogen-bond acceptors (Lipinski definition) is 3. The van der Waals surface area contributed by atoms with E-state index < -0.39 is 0 Å². The summed E-state index contributed by atoms with van der Waals surface area (Å²) < 4.78 is 5.48. The van der Waals surface area contributed by atoms with Crippen LogP contribution in [-0.4, -0.2) is 18.6 Å². The number of hydrogen-bond donors (Lipinski definition) is 1. The Labute approximate surface area is 78.4 Å². The first-order chi connectivity index (χ1) is 4.60. The molecule has 0 aliphatic carbocycles. The maximum Gasteiger partial charge on any atom is 0.103 e. The van der Waals surface area contributed by atoms with E-state index >= 15 is 0 Å². The van der Waals surface area contributed by atoms with Gasteiger partial charge >= 0.3 is 0 Å². The van der Waals surface area contributed by atoms with E-state index in [2.05, 4.69) is 10.3 Å². The van der Waals surface area contributed by atoms with Gasteiger partial charge in [0.25, 0.3) is 0 Å². The zero-order valence-electron chi connectivity index (χ0n) is 7.05. The zero-order valence-corrected chi connectivity index (χ0v) is 8.32. The van der Waals surface area contributed by atoms with Crippen molar-refractivity contribution in [3.05, 3.63) is 6.10 Å². The van der Waals surface area contributed by atoms with Crippen LogP contribution in [0.2, 0.25) is 0 Å². The van der Waals surface area contributed by atoms with E-state index in [1.54, 1.807) is 6.34 Å². The summed E-state index contributed by atoms with van der Waals surface area (Å²) in [6, 6.07) is 0. The standard InChI is InChI=1S/C7H13N2O.Cr/c1-6-4-8-5-9-7(2,3)10-6;/h5H,4H2,1-3H3,(H,8,9);/q-1;. The fourth-order valence-corrected chi connectivity index (χ4v) is 0.873. The van der Waals surface area contributed by atoms with Gasteiger partial charge in [-0.3, -0.25) is 0 Å². The topological polar surface area (TPSA) is 33.6 Å². The van der Waals surface area contributed by atoms with Gasteiger partial charge in [0, 0.05) is 17.4 Å². The Balaban J connectivity index is 0.000001000. The first-order valence-corrected chi connectivity index (χ1v) is 3.37. The van der Waals surface area contributed by atoms with Gasteiger partial charge in [-0.2, -0.15) is 13.0 Å². The van der Waals surface area contributed by atoms with Crippen LogP contribution < -0.4 is 5.32 Å². The second-order valence-electron chi connectivity index (χ2n) is 2.93. The molecule has 1 rings (SSSR count). The Morgan fingerprint density at radius 2 is 2.27 bits per heavy atom. The van der Waals surface area contributed by atoms with Gasteiger partial charge in [-0.25, -0.2) is 0 Å². The van der Waals surface area contributed by atoms with Crippen LogP contribution in [0.3, 0.4) is 0 Å². The first kappa shape index (κ1) is 11.0. The van der Waals surface area contributed by atoms with Gasteiger partial charge < -0.3 is 15.0 Å². The molecule has 0 fully saturated rings. The molecule has 0 atom stereocenters. The first-order valence-electron chi connectivity index (χ1n) is 3.37. The van der Waals surface area contributed by atoms with E-state index in [0.717, 1.165) is 6.10 Å². The van der Waals surface area contributed by atoms with Gasteiger partial charge in [0.2, 0.25) is 0 Å². The van der Waals surface area contributed by atoms with E-state index in [9.17, 15) is 0 Å². The molecular formula is C7H13CrN2O-. The van der Waals surface area contributed by atoms with Crippen molar-refractivity contribution < 1.29 is 22.1 Å². The van der Waals surface area contributed by atoms with Gasteiger partial charge in [0.1, 0.15) is 5.72 Å². The van der Waals surface area contributed by atoms with Gasteiger partial charge in [-0.15, -0.1) is 0 Å². The second kappa shape index (κ2) is 4.10. The molecule has 0 saturated carbocycles. The van der Waals surface area contributed by atoms with Crippen LogP contribution in [0.1, 0.15) is 20.8 Å². The summed E-state index contributed by atoms with van der Waals surface area (Å²) in [5.74, 6) is 0. The minimum Gasteiger partial charge on any atom is -0.528 e. The maximum atomic E-state index is 5.48. The average Bonchev–Trinajstić information content (AvgIpc) is 1.90. The monoisotopic (exact) mass is 193 g/mol. The van der Waals surface area contributed by atoms with Crippen LogP contribution in [0.25, 0.3) is 0 Å².